The molecular formula is C14H19N3. The smallest absolute Gasteiger partial charge is 0.0492 e. The van der Waals surface area contributed by atoms with Gasteiger partial charge in [0.05, 0.1) is 0 Å². The van der Waals surface area contributed by atoms with Crippen molar-refractivity contribution in [2.45, 2.75) is 20.3 Å². The van der Waals surface area contributed by atoms with Crippen LogP contribution in [0.25, 0.3) is 0 Å². The van der Waals surface area contributed by atoms with Gasteiger partial charge < -0.3 is 5.32 Å². The number of aryl methyl sites for hydroxylation is 3. The molecule has 0 spiro atoms. The van der Waals surface area contributed by atoms with Crippen molar-refractivity contribution in [2.24, 2.45) is 7.05 Å². The quantitative estimate of drug-likeness (QED) is 0.873. The molecule has 0 radical (unpaired) electrons. The van der Waals surface area contributed by atoms with Crippen LogP contribution in [0.1, 0.15) is 16.8 Å². The number of anilines is 1. The van der Waals surface area contributed by atoms with Crippen LogP contribution in [0.5, 0.6) is 0 Å². The molecule has 1 heterocycles. The number of hydrogen-bond donors (Lipinski definition) is 1. The summed E-state index contributed by atoms with van der Waals surface area (Å²) >= 11 is 0. The Morgan fingerprint density at radius 3 is 2.71 bits per heavy atom. The molecule has 2 aromatic rings. The maximum Gasteiger partial charge on any atom is 0.0492 e. The predicted molar refractivity (Wildman–Crippen MR) is 71.3 cm³/mol. The van der Waals surface area contributed by atoms with Gasteiger partial charge in [-0.2, -0.15) is 5.10 Å². The lowest BCUT2D eigenvalue weighted by atomic mass is 10.1. The highest BCUT2D eigenvalue weighted by Crippen LogP contribution is 2.15. The van der Waals surface area contributed by atoms with Gasteiger partial charge in [-0.05, 0) is 31.5 Å². The number of nitrogens with zero attached hydrogens (tertiary/aromatic N) is 2. The Kier molecular flexibility index (Phi) is 3.47. The van der Waals surface area contributed by atoms with Gasteiger partial charge in [0, 0.05) is 37.6 Å². The SMILES string of the molecule is Cc1ccc(NCCc2ccnn2C)c(C)c1. The van der Waals surface area contributed by atoms with Crippen molar-refractivity contribution in [2.75, 3.05) is 11.9 Å². The average Bonchev–Trinajstić information content (AvgIpc) is 2.68. The van der Waals surface area contributed by atoms with Crippen LogP contribution in [-0.2, 0) is 13.5 Å². The van der Waals surface area contributed by atoms with Crippen molar-refractivity contribution >= 4 is 5.69 Å². The van der Waals surface area contributed by atoms with E-state index in [2.05, 4.69) is 48.5 Å². The Morgan fingerprint density at radius 1 is 1.24 bits per heavy atom. The van der Waals surface area contributed by atoms with E-state index in [9.17, 15) is 0 Å². The molecule has 1 aromatic heterocycles. The average molecular weight is 229 g/mol. The highest BCUT2D eigenvalue weighted by molar-refractivity contribution is 5.51. The lowest BCUT2D eigenvalue weighted by molar-refractivity contribution is 0.711. The molecule has 1 N–H and O–H groups in total. The van der Waals surface area contributed by atoms with Crippen LogP contribution in [0.15, 0.2) is 30.5 Å². The predicted octanol–water partition coefficient (Wildman–Crippen LogP) is 2.69. The summed E-state index contributed by atoms with van der Waals surface area (Å²) in [5.41, 5.74) is 5.08. The van der Waals surface area contributed by atoms with Crippen LogP contribution in [-0.4, -0.2) is 16.3 Å². The number of aromatic nitrogens is 2. The van der Waals surface area contributed by atoms with Crippen molar-refractivity contribution in [1.82, 2.24) is 9.78 Å². The molecule has 0 aliphatic rings. The standard InChI is InChI=1S/C14H19N3/c1-11-4-5-14(12(2)10-11)15-8-6-13-7-9-16-17(13)3/h4-5,7,9-10,15H,6,8H2,1-3H3. The van der Waals surface area contributed by atoms with Gasteiger partial charge in [0.2, 0.25) is 0 Å². The molecule has 17 heavy (non-hydrogen) atoms. The zero-order chi connectivity index (χ0) is 12.3. The van der Waals surface area contributed by atoms with Crippen molar-refractivity contribution in [1.29, 1.82) is 0 Å². The number of rotatable bonds is 4. The molecule has 0 aliphatic carbocycles. The van der Waals surface area contributed by atoms with Gasteiger partial charge in [0.25, 0.3) is 0 Å². The van der Waals surface area contributed by atoms with Crippen LogP contribution in [0.2, 0.25) is 0 Å². The molecule has 0 fully saturated rings. The minimum atomic E-state index is 0.934. The Balaban J connectivity index is 1.92. The van der Waals surface area contributed by atoms with Crippen molar-refractivity contribution in [3.05, 3.63) is 47.3 Å². The van der Waals surface area contributed by atoms with E-state index in [0.717, 1.165) is 13.0 Å². The summed E-state index contributed by atoms with van der Waals surface area (Å²) in [5.74, 6) is 0. The monoisotopic (exact) mass is 229 g/mol. The molecule has 3 heteroatoms. The van der Waals surface area contributed by atoms with E-state index in [1.807, 2.05) is 17.9 Å². The first-order chi connectivity index (χ1) is 8.16. The van der Waals surface area contributed by atoms with Gasteiger partial charge in [0.1, 0.15) is 0 Å². The minimum Gasteiger partial charge on any atom is -0.384 e. The van der Waals surface area contributed by atoms with Crippen molar-refractivity contribution in [3.63, 3.8) is 0 Å². The molecule has 0 unspecified atom stereocenters. The van der Waals surface area contributed by atoms with Gasteiger partial charge in [-0.25, -0.2) is 0 Å². The van der Waals surface area contributed by atoms with Gasteiger partial charge in [-0.15, -0.1) is 0 Å². The summed E-state index contributed by atoms with van der Waals surface area (Å²) in [6, 6.07) is 8.55. The molecule has 2 rings (SSSR count). The third kappa shape index (κ3) is 2.87. The van der Waals surface area contributed by atoms with E-state index < -0.39 is 0 Å². The van der Waals surface area contributed by atoms with Crippen LogP contribution in [0, 0.1) is 13.8 Å². The molecule has 3 nitrogen and oxygen atoms in total. The van der Waals surface area contributed by atoms with E-state index in [0.29, 0.717) is 0 Å². The summed E-state index contributed by atoms with van der Waals surface area (Å²) in [5, 5.41) is 7.62. The van der Waals surface area contributed by atoms with Gasteiger partial charge in [0.15, 0.2) is 0 Å². The third-order valence-corrected chi connectivity index (χ3v) is 3.00. The van der Waals surface area contributed by atoms with Crippen LogP contribution >= 0.6 is 0 Å². The fourth-order valence-electron chi connectivity index (χ4n) is 1.98. The maximum atomic E-state index is 4.16. The summed E-state index contributed by atoms with van der Waals surface area (Å²) in [4.78, 5) is 0. The van der Waals surface area contributed by atoms with Crippen LogP contribution in [0.4, 0.5) is 5.69 Å². The molecule has 0 saturated heterocycles. The highest BCUT2D eigenvalue weighted by atomic mass is 15.3. The Bertz CT molecular complexity index is 500. The first kappa shape index (κ1) is 11.7. The van der Waals surface area contributed by atoms with E-state index in [1.54, 1.807) is 0 Å². The molecular weight excluding hydrogens is 210 g/mol. The summed E-state index contributed by atoms with van der Waals surface area (Å²) < 4.78 is 1.92. The Hall–Kier alpha value is -1.77. The molecule has 0 amide bonds. The first-order valence-electron chi connectivity index (χ1n) is 5.95. The summed E-state index contributed by atoms with van der Waals surface area (Å²) in [6.07, 6.45) is 2.83. The Labute approximate surface area is 102 Å². The topological polar surface area (TPSA) is 29.9 Å². The minimum absolute atomic E-state index is 0.934. The van der Waals surface area contributed by atoms with Gasteiger partial charge in [-0.3, -0.25) is 4.68 Å². The summed E-state index contributed by atoms with van der Waals surface area (Å²) in [6.45, 7) is 5.19. The van der Waals surface area contributed by atoms with Gasteiger partial charge in [-0.1, -0.05) is 17.7 Å². The lowest BCUT2D eigenvalue weighted by Gasteiger charge is -2.10. The number of benzene rings is 1. The lowest BCUT2D eigenvalue weighted by Crippen LogP contribution is -2.09. The van der Waals surface area contributed by atoms with E-state index in [4.69, 9.17) is 0 Å². The molecule has 0 atom stereocenters. The van der Waals surface area contributed by atoms with E-state index >= 15 is 0 Å². The maximum absolute atomic E-state index is 4.16. The molecule has 0 saturated carbocycles. The second kappa shape index (κ2) is 5.04. The zero-order valence-corrected chi connectivity index (χ0v) is 10.7. The van der Waals surface area contributed by atoms with Crippen molar-refractivity contribution < 1.29 is 0 Å². The van der Waals surface area contributed by atoms with E-state index in [-0.39, 0.29) is 0 Å². The fourth-order valence-corrected chi connectivity index (χ4v) is 1.98. The summed E-state index contributed by atoms with van der Waals surface area (Å²) in [7, 11) is 1.98. The van der Waals surface area contributed by atoms with Crippen molar-refractivity contribution in [3.8, 4) is 0 Å². The molecule has 0 aliphatic heterocycles. The zero-order valence-electron chi connectivity index (χ0n) is 10.7. The molecule has 0 bridgehead atoms. The van der Waals surface area contributed by atoms with Gasteiger partial charge >= 0.3 is 0 Å². The fraction of sp³-hybridized carbons (Fsp3) is 0.357. The van der Waals surface area contributed by atoms with Crippen LogP contribution < -0.4 is 5.32 Å². The normalized spacial score (nSPS) is 10.5. The largest absolute Gasteiger partial charge is 0.384 e. The second-order valence-electron chi connectivity index (χ2n) is 4.44. The molecule has 1 aromatic carbocycles. The Morgan fingerprint density at radius 2 is 2.06 bits per heavy atom. The number of hydrogen-bond acceptors (Lipinski definition) is 2. The van der Waals surface area contributed by atoms with E-state index in [1.165, 1.54) is 22.5 Å². The number of nitrogens with one attached hydrogen (secondary N) is 1. The highest BCUT2D eigenvalue weighted by Gasteiger charge is 2.00. The second-order valence-corrected chi connectivity index (χ2v) is 4.44. The van der Waals surface area contributed by atoms with Crippen LogP contribution in [0.3, 0.4) is 0 Å². The first-order valence-corrected chi connectivity index (χ1v) is 5.95. The molecule has 90 valence electrons. The third-order valence-electron chi connectivity index (χ3n) is 3.00.